The van der Waals surface area contributed by atoms with Crippen molar-refractivity contribution in [2.75, 3.05) is 6.61 Å². The maximum absolute atomic E-state index is 12.5. The number of nitrogens with one attached hydrogen (secondary N) is 1. The van der Waals surface area contributed by atoms with E-state index in [4.69, 9.17) is 5.26 Å². The van der Waals surface area contributed by atoms with Crippen LogP contribution in [0.25, 0.3) is 0 Å². The number of amides is 1. The Morgan fingerprint density at radius 3 is 2.83 bits per heavy atom. The number of aromatic nitrogens is 2. The molecule has 0 aliphatic rings. The number of hydrogen-bond acceptors (Lipinski definition) is 4. The van der Waals surface area contributed by atoms with E-state index < -0.39 is 17.8 Å². The second kappa shape index (κ2) is 6.93. The highest BCUT2D eigenvalue weighted by Crippen LogP contribution is 2.27. The highest BCUT2D eigenvalue weighted by Gasteiger charge is 2.33. The van der Waals surface area contributed by atoms with E-state index in [1.54, 1.807) is 18.2 Å². The van der Waals surface area contributed by atoms with Gasteiger partial charge >= 0.3 is 6.18 Å². The van der Waals surface area contributed by atoms with E-state index in [0.29, 0.717) is 5.56 Å². The fourth-order valence-electron chi connectivity index (χ4n) is 1.79. The van der Waals surface area contributed by atoms with Crippen LogP contribution < -0.4 is 5.48 Å². The third kappa shape index (κ3) is 4.55. The number of rotatable bonds is 5. The number of carbonyl (C=O) groups is 1. The summed E-state index contributed by atoms with van der Waals surface area (Å²) in [5.41, 5.74) is 1.95. The molecule has 0 saturated heterocycles. The highest BCUT2D eigenvalue weighted by atomic mass is 19.4. The highest BCUT2D eigenvalue weighted by molar-refractivity contribution is 5.93. The summed E-state index contributed by atoms with van der Waals surface area (Å²) in [6.45, 7) is -0.213. The molecule has 2 rings (SSSR count). The Morgan fingerprint density at radius 1 is 1.39 bits per heavy atom. The van der Waals surface area contributed by atoms with Crippen LogP contribution in [0.4, 0.5) is 13.2 Å². The van der Waals surface area contributed by atoms with E-state index in [2.05, 4.69) is 15.4 Å². The molecule has 1 aromatic carbocycles. The van der Waals surface area contributed by atoms with E-state index >= 15 is 0 Å². The molecule has 9 heteroatoms. The number of carbonyl (C=O) groups excluding carboxylic acids is 1. The molecule has 23 heavy (non-hydrogen) atoms. The quantitative estimate of drug-likeness (QED) is 0.675. The van der Waals surface area contributed by atoms with Gasteiger partial charge in [0, 0.05) is 11.8 Å². The fourth-order valence-corrected chi connectivity index (χ4v) is 1.79. The summed E-state index contributed by atoms with van der Waals surface area (Å²) >= 11 is 0. The summed E-state index contributed by atoms with van der Waals surface area (Å²) in [5.74, 6) is -0.557. The predicted molar refractivity (Wildman–Crippen MR) is 71.8 cm³/mol. The van der Waals surface area contributed by atoms with Gasteiger partial charge in [-0.05, 0) is 23.8 Å². The minimum absolute atomic E-state index is 0.0796. The molecule has 0 unspecified atom stereocenters. The lowest BCUT2D eigenvalue weighted by Crippen LogP contribution is -2.24. The molecule has 0 aliphatic carbocycles. The predicted octanol–water partition coefficient (Wildman–Crippen LogP) is 2.14. The van der Waals surface area contributed by atoms with Gasteiger partial charge in [0.05, 0.1) is 12.6 Å². The maximum atomic E-state index is 12.5. The minimum atomic E-state index is -4.49. The van der Waals surface area contributed by atoms with Crippen LogP contribution in [0, 0.1) is 11.3 Å². The van der Waals surface area contributed by atoms with Gasteiger partial charge in [-0.2, -0.15) is 23.5 Å². The summed E-state index contributed by atoms with van der Waals surface area (Å²) in [7, 11) is 0. The first-order chi connectivity index (χ1) is 10.9. The number of nitrogens with zero attached hydrogens (tertiary/aromatic N) is 3. The lowest BCUT2D eigenvalue weighted by molar-refractivity contribution is -0.141. The van der Waals surface area contributed by atoms with Crippen LogP contribution in [0.1, 0.15) is 21.6 Å². The van der Waals surface area contributed by atoms with E-state index in [-0.39, 0.29) is 18.7 Å². The largest absolute Gasteiger partial charge is 0.435 e. The molecular weight excluding hydrogens is 313 g/mol. The van der Waals surface area contributed by atoms with Crippen molar-refractivity contribution < 1.29 is 22.8 Å². The lowest BCUT2D eigenvalue weighted by Gasteiger charge is -2.06. The van der Waals surface area contributed by atoms with Crippen molar-refractivity contribution in [2.24, 2.45) is 0 Å². The van der Waals surface area contributed by atoms with Crippen molar-refractivity contribution in [1.29, 1.82) is 5.26 Å². The zero-order valence-corrected chi connectivity index (χ0v) is 11.7. The Bertz CT molecular complexity index is 734. The van der Waals surface area contributed by atoms with Crippen LogP contribution >= 0.6 is 0 Å². The monoisotopic (exact) mass is 324 g/mol. The number of hydrogen-bond donors (Lipinski definition) is 1. The fraction of sp³-hybridized carbons (Fsp3) is 0.214. The molecule has 0 spiro atoms. The van der Waals surface area contributed by atoms with E-state index in [1.165, 1.54) is 18.3 Å². The van der Waals surface area contributed by atoms with Crippen molar-refractivity contribution in [3.05, 3.63) is 53.3 Å². The molecule has 120 valence electrons. The Hall–Kier alpha value is -2.86. The molecule has 0 aliphatic heterocycles. The Labute approximate surface area is 129 Å². The molecule has 2 aromatic rings. The van der Waals surface area contributed by atoms with Crippen molar-refractivity contribution in [1.82, 2.24) is 15.3 Å². The molecule has 1 N–H and O–H groups in total. The zero-order chi connectivity index (χ0) is 16.9. The topological polar surface area (TPSA) is 79.9 Å². The van der Waals surface area contributed by atoms with Crippen LogP contribution in [0.5, 0.6) is 0 Å². The van der Waals surface area contributed by atoms with E-state index in [1.807, 2.05) is 0 Å². The van der Waals surface area contributed by atoms with Gasteiger partial charge in [0.1, 0.15) is 0 Å². The molecule has 1 amide bonds. The first-order valence-electron chi connectivity index (χ1n) is 6.39. The van der Waals surface area contributed by atoms with Crippen molar-refractivity contribution in [2.45, 2.75) is 12.7 Å². The summed E-state index contributed by atoms with van der Waals surface area (Å²) in [5, 5.41) is 11.7. The molecule has 0 fully saturated rings. The molecule has 1 aromatic heterocycles. The smallest absolute Gasteiger partial charge is 0.268 e. The molecule has 0 atom stereocenters. The summed E-state index contributed by atoms with van der Waals surface area (Å²) in [6.07, 6.45) is -3.28. The van der Waals surface area contributed by atoms with Gasteiger partial charge in [0.15, 0.2) is 12.3 Å². The average molecular weight is 324 g/mol. The van der Waals surface area contributed by atoms with Crippen molar-refractivity contribution >= 4 is 5.91 Å². The number of halogens is 3. The summed E-state index contributed by atoms with van der Waals surface area (Å²) in [6, 6.07) is 8.83. The third-order valence-electron chi connectivity index (χ3n) is 2.77. The molecule has 0 saturated carbocycles. The summed E-state index contributed by atoms with van der Waals surface area (Å²) in [4.78, 5) is 16.3. The molecule has 0 bridgehead atoms. The molecule has 1 heterocycles. The second-order valence-corrected chi connectivity index (χ2v) is 4.47. The van der Waals surface area contributed by atoms with E-state index in [9.17, 15) is 18.0 Å². The standard InChI is InChI=1S/C14H11F3N4O2/c15-14(16,17)12-4-6-21(19-12)9-10-2-1-3-11(8-10)13(22)20-23-7-5-18/h1-4,6,8H,7,9H2,(H,20,22). The average Bonchev–Trinajstić information content (AvgIpc) is 2.96. The van der Waals surface area contributed by atoms with Gasteiger partial charge in [-0.25, -0.2) is 5.48 Å². The van der Waals surface area contributed by atoms with Crippen LogP contribution in [0.2, 0.25) is 0 Å². The van der Waals surface area contributed by atoms with Gasteiger partial charge in [0.2, 0.25) is 0 Å². The second-order valence-electron chi connectivity index (χ2n) is 4.47. The number of benzene rings is 1. The summed E-state index contributed by atoms with van der Waals surface area (Å²) < 4.78 is 38.6. The van der Waals surface area contributed by atoms with Crippen molar-refractivity contribution in [3.8, 4) is 6.07 Å². The number of alkyl halides is 3. The molecule has 6 nitrogen and oxygen atoms in total. The zero-order valence-electron chi connectivity index (χ0n) is 11.7. The van der Waals surface area contributed by atoms with E-state index in [0.717, 1.165) is 10.7 Å². The van der Waals surface area contributed by atoms with Crippen LogP contribution in [0.15, 0.2) is 36.5 Å². The normalized spacial score (nSPS) is 11.0. The van der Waals surface area contributed by atoms with Crippen LogP contribution in [-0.2, 0) is 17.6 Å². The first-order valence-corrected chi connectivity index (χ1v) is 6.39. The molecule has 0 radical (unpaired) electrons. The number of nitriles is 1. The first kappa shape index (κ1) is 16.5. The van der Waals surface area contributed by atoms with Gasteiger partial charge in [-0.3, -0.25) is 14.3 Å². The maximum Gasteiger partial charge on any atom is 0.435 e. The lowest BCUT2D eigenvalue weighted by atomic mass is 10.1. The Morgan fingerprint density at radius 2 is 2.17 bits per heavy atom. The van der Waals surface area contributed by atoms with Crippen LogP contribution in [-0.4, -0.2) is 22.3 Å². The van der Waals surface area contributed by atoms with Crippen molar-refractivity contribution in [3.63, 3.8) is 0 Å². The third-order valence-corrected chi connectivity index (χ3v) is 2.77. The SMILES string of the molecule is N#CCONC(=O)c1cccc(Cn2ccc(C(F)(F)F)n2)c1. The Balaban J connectivity index is 2.07. The van der Waals surface area contributed by atoms with Gasteiger partial charge in [-0.15, -0.1) is 0 Å². The van der Waals surface area contributed by atoms with Crippen LogP contribution in [0.3, 0.4) is 0 Å². The minimum Gasteiger partial charge on any atom is -0.268 e. The van der Waals surface area contributed by atoms with Gasteiger partial charge < -0.3 is 0 Å². The van der Waals surface area contributed by atoms with Gasteiger partial charge in [-0.1, -0.05) is 12.1 Å². The molecular formula is C14H11F3N4O2. The Kier molecular flexibility index (Phi) is 4.98. The number of hydroxylamine groups is 1. The van der Waals surface area contributed by atoms with Gasteiger partial charge in [0.25, 0.3) is 5.91 Å².